The minimum absolute atomic E-state index is 0.383. The van der Waals surface area contributed by atoms with E-state index in [1.54, 1.807) is 12.1 Å². The molecule has 0 spiro atoms. The molecule has 2 aromatic carbocycles. The monoisotopic (exact) mass is 329 g/mol. The van der Waals surface area contributed by atoms with Gasteiger partial charge in [0.2, 0.25) is 0 Å². The summed E-state index contributed by atoms with van der Waals surface area (Å²) in [5.74, 6) is 1.90. The molecule has 2 rings (SSSR count). The molecule has 0 amide bonds. The Bertz CT molecular complexity index is 671. The molecule has 0 aliphatic rings. The number of nitrogens with zero attached hydrogens (tertiary/aromatic N) is 1. The number of ether oxygens (including phenoxy) is 1. The molecule has 20 heavy (non-hydrogen) atoms. The molecule has 0 aromatic heterocycles. The van der Waals surface area contributed by atoms with Gasteiger partial charge in [-0.1, -0.05) is 41.9 Å². The van der Waals surface area contributed by atoms with Crippen molar-refractivity contribution in [2.75, 3.05) is 0 Å². The van der Waals surface area contributed by atoms with Crippen molar-refractivity contribution in [1.29, 1.82) is 5.26 Å². The summed E-state index contributed by atoms with van der Waals surface area (Å²) in [5, 5.41) is 9.01. The lowest BCUT2D eigenvalue weighted by molar-refractivity contribution is 0.472. The number of aryl methyl sites for hydroxylation is 1. The average molecular weight is 330 g/mol. The van der Waals surface area contributed by atoms with Crippen molar-refractivity contribution in [3.8, 4) is 17.6 Å². The van der Waals surface area contributed by atoms with Crippen LogP contribution in [0.3, 0.4) is 0 Å². The smallest absolute Gasteiger partial charge is 0.131 e. The number of halogens is 1. The standard InChI is InChI=1S/C17H16BrNO/c1-11(2)16-5-4-12(3)6-17(16)20-15-8-13(10-19)7-14(18)9-15/h4-9,11H,1-3H3. The van der Waals surface area contributed by atoms with Crippen molar-refractivity contribution in [3.63, 3.8) is 0 Å². The van der Waals surface area contributed by atoms with E-state index in [1.165, 1.54) is 0 Å². The third-order valence-electron chi connectivity index (χ3n) is 3.02. The highest BCUT2D eigenvalue weighted by atomic mass is 79.9. The van der Waals surface area contributed by atoms with Crippen LogP contribution in [0, 0.1) is 18.3 Å². The fourth-order valence-corrected chi connectivity index (χ4v) is 2.49. The maximum absolute atomic E-state index is 9.01. The zero-order chi connectivity index (χ0) is 14.7. The fraction of sp³-hybridized carbons (Fsp3) is 0.235. The summed E-state index contributed by atoms with van der Waals surface area (Å²) in [7, 11) is 0. The molecule has 0 aliphatic carbocycles. The summed E-state index contributed by atoms with van der Waals surface area (Å²) in [6, 6.07) is 13.7. The largest absolute Gasteiger partial charge is 0.457 e. The van der Waals surface area contributed by atoms with E-state index in [0.29, 0.717) is 17.2 Å². The molecule has 0 saturated carbocycles. The first kappa shape index (κ1) is 14.6. The normalized spacial score (nSPS) is 10.4. The Morgan fingerprint density at radius 1 is 1.15 bits per heavy atom. The molecular formula is C17H16BrNO. The molecular weight excluding hydrogens is 314 g/mol. The van der Waals surface area contributed by atoms with Gasteiger partial charge in [0.25, 0.3) is 0 Å². The van der Waals surface area contributed by atoms with Crippen molar-refractivity contribution < 1.29 is 4.74 Å². The minimum atomic E-state index is 0.383. The van der Waals surface area contributed by atoms with Gasteiger partial charge in [-0.25, -0.2) is 0 Å². The van der Waals surface area contributed by atoms with Gasteiger partial charge >= 0.3 is 0 Å². The van der Waals surface area contributed by atoms with Gasteiger partial charge in [0.05, 0.1) is 11.6 Å². The summed E-state index contributed by atoms with van der Waals surface area (Å²) in [6.45, 7) is 6.32. The lowest BCUT2D eigenvalue weighted by Gasteiger charge is -2.15. The highest BCUT2D eigenvalue weighted by Gasteiger charge is 2.10. The Balaban J connectivity index is 2.42. The van der Waals surface area contributed by atoms with Crippen LogP contribution in [0.25, 0.3) is 0 Å². The second kappa shape index (κ2) is 6.11. The van der Waals surface area contributed by atoms with E-state index in [4.69, 9.17) is 10.00 Å². The molecule has 0 aliphatic heterocycles. The number of benzene rings is 2. The number of nitriles is 1. The highest BCUT2D eigenvalue weighted by molar-refractivity contribution is 9.10. The van der Waals surface area contributed by atoms with Gasteiger partial charge in [0, 0.05) is 4.47 Å². The van der Waals surface area contributed by atoms with Crippen molar-refractivity contribution in [3.05, 3.63) is 57.6 Å². The zero-order valence-corrected chi connectivity index (χ0v) is 13.4. The van der Waals surface area contributed by atoms with E-state index < -0.39 is 0 Å². The van der Waals surface area contributed by atoms with Crippen molar-refractivity contribution in [2.24, 2.45) is 0 Å². The van der Waals surface area contributed by atoms with Gasteiger partial charge in [0.1, 0.15) is 11.5 Å². The van der Waals surface area contributed by atoms with Crippen molar-refractivity contribution in [2.45, 2.75) is 26.7 Å². The summed E-state index contributed by atoms with van der Waals surface area (Å²) < 4.78 is 6.83. The Labute approximate surface area is 128 Å². The summed E-state index contributed by atoms with van der Waals surface area (Å²) in [4.78, 5) is 0. The molecule has 0 N–H and O–H groups in total. The Morgan fingerprint density at radius 2 is 1.90 bits per heavy atom. The molecule has 102 valence electrons. The first-order valence-electron chi connectivity index (χ1n) is 6.48. The van der Waals surface area contributed by atoms with E-state index in [0.717, 1.165) is 21.3 Å². The lowest BCUT2D eigenvalue weighted by atomic mass is 10.0. The molecule has 2 nitrogen and oxygen atoms in total. The predicted octanol–water partition coefficient (Wildman–Crippen LogP) is 5.54. The second-order valence-corrected chi connectivity index (χ2v) is 6.00. The molecule has 0 bridgehead atoms. The van der Waals surface area contributed by atoms with Crippen LogP contribution >= 0.6 is 15.9 Å². The van der Waals surface area contributed by atoms with Crippen LogP contribution in [-0.4, -0.2) is 0 Å². The van der Waals surface area contributed by atoms with Gasteiger partial charge in [0.15, 0.2) is 0 Å². The molecule has 0 atom stereocenters. The zero-order valence-electron chi connectivity index (χ0n) is 11.8. The Hall–Kier alpha value is -1.79. The maximum atomic E-state index is 9.01. The molecule has 2 aromatic rings. The maximum Gasteiger partial charge on any atom is 0.131 e. The summed E-state index contributed by atoms with van der Waals surface area (Å²) in [5.41, 5.74) is 2.89. The van der Waals surface area contributed by atoms with Crippen LogP contribution in [0.15, 0.2) is 40.9 Å². The van der Waals surface area contributed by atoms with E-state index in [-0.39, 0.29) is 0 Å². The van der Waals surface area contributed by atoms with Crippen LogP contribution < -0.4 is 4.74 Å². The van der Waals surface area contributed by atoms with Crippen LogP contribution in [0.5, 0.6) is 11.5 Å². The second-order valence-electron chi connectivity index (χ2n) is 5.09. The third kappa shape index (κ3) is 3.40. The fourth-order valence-electron chi connectivity index (χ4n) is 2.02. The number of rotatable bonds is 3. The molecule has 0 unspecified atom stereocenters. The first-order valence-corrected chi connectivity index (χ1v) is 7.28. The molecule has 0 fully saturated rings. The Kier molecular flexibility index (Phi) is 4.46. The summed E-state index contributed by atoms with van der Waals surface area (Å²) >= 11 is 3.40. The van der Waals surface area contributed by atoms with Gasteiger partial charge in [-0.15, -0.1) is 0 Å². The molecule has 3 heteroatoms. The highest BCUT2D eigenvalue weighted by Crippen LogP contribution is 2.33. The van der Waals surface area contributed by atoms with E-state index in [9.17, 15) is 0 Å². The first-order chi connectivity index (χ1) is 9.49. The van der Waals surface area contributed by atoms with E-state index >= 15 is 0 Å². The van der Waals surface area contributed by atoms with Crippen LogP contribution in [0.2, 0.25) is 0 Å². The van der Waals surface area contributed by atoms with E-state index in [1.807, 2.05) is 19.1 Å². The number of hydrogen-bond donors (Lipinski definition) is 0. The van der Waals surface area contributed by atoms with Crippen LogP contribution in [-0.2, 0) is 0 Å². The average Bonchev–Trinajstić information content (AvgIpc) is 2.37. The van der Waals surface area contributed by atoms with Crippen LogP contribution in [0.4, 0.5) is 0 Å². The third-order valence-corrected chi connectivity index (χ3v) is 3.48. The quantitative estimate of drug-likeness (QED) is 0.740. The Morgan fingerprint density at radius 3 is 2.55 bits per heavy atom. The van der Waals surface area contributed by atoms with Crippen molar-refractivity contribution >= 4 is 15.9 Å². The van der Waals surface area contributed by atoms with Gasteiger partial charge in [-0.3, -0.25) is 0 Å². The summed E-state index contributed by atoms with van der Waals surface area (Å²) in [6.07, 6.45) is 0. The predicted molar refractivity (Wildman–Crippen MR) is 84.2 cm³/mol. The van der Waals surface area contributed by atoms with Gasteiger partial charge in [-0.05, 0) is 48.2 Å². The molecule has 0 saturated heterocycles. The van der Waals surface area contributed by atoms with E-state index in [2.05, 4.69) is 48.0 Å². The molecule has 0 heterocycles. The van der Waals surface area contributed by atoms with Crippen LogP contribution in [0.1, 0.15) is 36.5 Å². The number of hydrogen-bond acceptors (Lipinski definition) is 2. The molecule has 0 radical (unpaired) electrons. The lowest BCUT2D eigenvalue weighted by Crippen LogP contribution is -1.95. The topological polar surface area (TPSA) is 33.0 Å². The SMILES string of the molecule is Cc1ccc(C(C)C)c(Oc2cc(Br)cc(C#N)c2)c1. The van der Waals surface area contributed by atoms with Gasteiger partial charge < -0.3 is 4.74 Å². The van der Waals surface area contributed by atoms with Crippen molar-refractivity contribution in [1.82, 2.24) is 0 Å². The minimum Gasteiger partial charge on any atom is -0.457 e. The van der Waals surface area contributed by atoms with Gasteiger partial charge in [-0.2, -0.15) is 5.26 Å².